The Morgan fingerprint density at radius 3 is 2.19 bits per heavy atom. The molecule has 0 bridgehead atoms. The van der Waals surface area contributed by atoms with Gasteiger partial charge in [-0.15, -0.1) is 24.8 Å². The summed E-state index contributed by atoms with van der Waals surface area (Å²) in [4.78, 5) is 30.6. The number of amides is 1. The van der Waals surface area contributed by atoms with E-state index < -0.39 is 11.9 Å². The van der Waals surface area contributed by atoms with Crippen molar-refractivity contribution in [2.45, 2.75) is 12.5 Å². The molecule has 0 spiro atoms. The minimum absolute atomic E-state index is 0. The highest BCUT2D eigenvalue weighted by Gasteiger charge is 2.37. The average Bonchev–Trinajstić information content (AvgIpc) is 3.08. The lowest BCUT2D eigenvalue weighted by molar-refractivity contribution is -0.142. The predicted molar refractivity (Wildman–Crippen MR) is 105 cm³/mol. The smallest absolute Gasteiger partial charge is 0.308 e. The zero-order valence-corrected chi connectivity index (χ0v) is 16.5. The summed E-state index contributed by atoms with van der Waals surface area (Å²) in [6, 6.07) is 9.53. The van der Waals surface area contributed by atoms with Gasteiger partial charge in [-0.05, 0) is 19.0 Å². The third-order valence-corrected chi connectivity index (χ3v) is 5.10. The molecule has 6 nitrogen and oxygen atoms in total. The third-order valence-electron chi connectivity index (χ3n) is 5.10. The van der Waals surface area contributed by atoms with Gasteiger partial charge in [0.15, 0.2) is 0 Å². The zero-order valence-electron chi connectivity index (χ0n) is 14.9. The lowest BCUT2D eigenvalue weighted by Gasteiger charge is -2.38. The van der Waals surface area contributed by atoms with Gasteiger partial charge in [0, 0.05) is 39.3 Å². The zero-order chi connectivity index (χ0) is 17.1. The molecule has 1 aromatic rings. The number of nitrogens with zero attached hydrogens (tertiary/aromatic N) is 3. The molecule has 0 saturated carbocycles. The van der Waals surface area contributed by atoms with Crippen LogP contribution < -0.4 is 0 Å². The van der Waals surface area contributed by atoms with Crippen LogP contribution in [-0.2, 0) is 9.59 Å². The molecular weight excluding hydrogens is 377 g/mol. The van der Waals surface area contributed by atoms with E-state index in [1.807, 2.05) is 30.3 Å². The highest BCUT2D eigenvalue weighted by Crippen LogP contribution is 2.27. The Balaban J connectivity index is 0.00000169. The lowest BCUT2D eigenvalue weighted by Crippen LogP contribution is -2.50. The summed E-state index contributed by atoms with van der Waals surface area (Å²) < 4.78 is 0. The molecule has 1 N–H and O–H groups in total. The second-order valence-corrected chi connectivity index (χ2v) is 6.76. The molecule has 1 amide bonds. The van der Waals surface area contributed by atoms with Gasteiger partial charge in [0.05, 0.1) is 5.92 Å². The van der Waals surface area contributed by atoms with E-state index in [1.54, 1.807) is 4.90 Å². The van der Waals surface area contributed by atoms with Gasteiger partial charge in [-0.1, -0.05) is 30.3 Å². The maximum atomic E-state index is 13.2. The lowest BCUT2D eigenvalue weighted by atomic mass is 10.0. The summed E-state index contributed by atoms with van der Waals surface area (Å²) in [5, 5.41) is 9.19. The Morgan fingerprint density at radius 1 is 1.04 bits per heavy atom. The number of likely N-dealkylation sites (tertiary alicyclic amines) is 1. The number of hydrogen-bond acceptors (Lipinski definition) is 4. The fourth-order valence-corrected chi connectivity index (χ4v) is 3.56. The predicted octanol–water partition coefficient (Wildman–Crippen LogP) is 1.75. The number of carboxylic acids is 1. The van der Waals surface area contributed by atoms with Crippen molar-refractivity contribution in [1.29, 1.82) is 0 Å². The molecule has 2 atom stereocenters. The molecule has 2 aliphatic rings. The minimum Gasteiger partial charge on any atom is -0.481 e. The summed E-state index contributed by atoms with van der Waals surface area (Å²) >= 11 is 0. The second kappa shape index (κ2) is 10.1. The van der Waals surface area contributed by atoms with Gasteiger partial charge in [-0.3, -0.25) is 14.5 Å². The van der Waals surface area contributed by atoms with Crippen molar-refractivity contribution >= 4 is 36.7 Å². The number of piperazine rings is 1. The first kappa shape index (κ1) is 22.7. The number of carboxylic acid groups (broad SMARTS) is 1. The summed E-state index contributed by atoms with van der Waals surface area (Å²) in [5.41, 5.74) is 0.992. The Labute approximate surface area is 167 Å². The number of halogens is 2. The first-order chi connectivity index (χ1) is 11.6. The highest BCUT2D eigenvalue weighted by atomic mass is 35.5. The van der Waals surface area contributed by atoms with Crippen molar-refractivity contribution in [3.8, 4) is 0 Å². The van der Waals surface area contributed by atoms with Gasteiger partial charge >= 0.3 is 5.97 Å². The fourth-order valence-electron chi connectivity index (χ4n) is 3.56. The van der Waals surface area contributed by atoms with Crippen molar-refractivity contribution in [3.63, 3.8) is 0 Å². The summed E-state index contributed by atoms with van der Waals surface area (Å²) in [6.45, 7) is 4.43. The number of benzene rings is 1. The minimum atomic E-state index is -0.804. The van der Waals surface area contributed by atoms with Crippen LogP contribution >= 0.6 is 24.8 Å². The van der Waals surface area contributed by atoms with E-state index in [9.17, 15) is 14.7 Å². The van der Waals surface area contributed by atoms with Crippen LogP contribution in [0, 0.1) is 5.92 Å². The molecule has 2 fully saturated rings. The molecule has 8 heteroatoms. The largest absolute Gasteiger partial charge is 0.481 e. The maximum absolute atomic E-state index is 13.2. The van der Waals surface area contributed by atoms with Crippen molar-refractivity contribution < 1.29 is 14.7 Å². The van der Waals surface area contributed by atoms with E-state index in [0.29, 0.717) is 19.5 Å². The molecule has 1 aromatic carbocycles. The van der Waals surface area contributed by atoms with Crippen molar-refractivity contribution in [3.05, 3.63) is 35.9 Å². The van der Waals surface area contributed by atoms with E-state index in [1.165, 1.54) is 0 Å². The monoisotopic (exact) mass is 403 g/mol. The van der Waals surface area contributed by atoms with Gasteiger partial charge in [-0.25, -0.2) is 0 Å². The molecule has 2 saturated heterocycles. The molecule has 0 aromatic heterocycles. The van der Waals surface area contributed by atoms with Gasteiger partial charge in [-0.2, -0.15) is 0 Å². The first-order valence-corrected chi connectivity index (χ1v) is 8.55. The highest BCUT2D eigenvalue weighted by molar-refractivity contribution is 5.86. The average molecular weight is 404 g/mol. The van der Waals surface area contributed by atoms with Gasteiger partial charge < -0.3 is 14.9 Å². The van der Waals surface area contributed by atoms with Gasteiger partial charge in [0.25, 0.3) is 0 Å². The van der Waals surface area contributed by atoms with Crippen LogP contribution in [0.3, 0.4) is 0 Å². The molecule has 0 radical (unpaired) electrons. The van der Waals surface area contributed by atoms with E-state index in [0.717, 1.165) is 31.7 Å². The topological polar surface area (TPSA) is 64.1 Å². The van der Waals surface area contributed by atoms with Crippen LogP contribution in [0.2, 0.25) is 0 Å². The van der Waals surface area contributed by atoms with Crippen LogP contribution in [0.1, 0.15) is 18.0 Å². The van der Waals surface area contributed by atoms with E-state index >= 15 is 0 Å². The Kier molecular flexibility index (Phi) is 8.83. The van der Waals surface area contributed by atoms with Crippen LogP contribution in [0.5, 0.6) is 0 Å². The van der Waals surface area contributed by atoms with E-state index in [-0.39, 0.29) is 36.8 Å². The molecule has 0 aliphatic carbocycles. The molecule has 26 heavy (non-hydrogen) atoms. The van der Waals surface area contributed by atoms with Crippen molar-refractivity contribution in [2.75, 3.05) is 46.3 Å². The number of rotatable bonds is 4. The Hall–Kier alpha value is -1.34. The van der Waals surface area contributed by atoms with Crippen LogP contribution in [0.15, 0.2) is 30.3 Å². The second-order valence-electron chi connectivity index (χ2n) is 6.76. The third kappa shape index (κ3) is 5.10. The molecule has 2 unspecified atom stereocenters. The number of likely N-dealkylation sites (N-methyl/N-ethyl adjacent to an activating group) is 1. The normalized spacial score (nSPS) is 22.2. The molecule has 3 rings (SSSR count). The summed E-state index contributed by atoms with van der Waals surface area (Å²) in [6.07, 6.45) is 0.547. The van der Waals surface area contributed by atoms with Crippen LogP contribution in [0.4, 0.5) is 0 Å². The molecule has 2 aliphatic heterocycles. The molecule has 146 valence electrons. The first-order valence-electron chi connectivity index (χ1n) is 8.55. The van der Waals surface area contributed by atoms with Gasteiger partial charge in [0.2, 0.25) is 5.91 Å². The molecular formula is C18H27Cl2N3O3. The van der Waals surface area contributed by atoms with E-state index in [2.05, 4.69) is 16.8 Å². The number of aliphatic carboxylic acids is 1. The number of hydrogen-bond donors (Lipinski definition) is 1. The fraction of sp³-hybridized carbons (Fsp3) is 0.556. The standard InChI is InChI=1S/C18H25N3O3.2ClH/c1-19-9-11-20(12-10-19)16(14-5-3-2-4-6-14)17(22)21-8-7-15(13-21)18(23)24;;/h2-6,15-16H,7-13H2,1H3,(H,23,24);2*1H. The Morgan fingerprint density at radius 2 is 1.65 bits per heavy atom. The van der Waals surface area contributed by atoms with Crippen LogP contribution in [0.25, 0.3) is 0 Å². The summed E-state index contributed by atoms with van der Waals surface area (Å²) in [5.74, 6) is -1.20. The number of carbonyl (C=O) groups excluding carboxylic acids is 1. The van der Waals surface area contributed by atoms with Crippen LogP contribution in [-0.4, -0.2) is 78.0 Å². The van der Waals surface area contributed by atoms with Gasteiger partial charge in [0.1, 0.15) is 6.04 Å². The Bertz CT molecular complexity index is 595. The SMILES string of the molecule is CN1CCN(C(C(=O)N2CCC(C(=O)O)C2)c2ccccc2)CC1.Cl.Cl. The van der Waals surface area contributed by atoms with Crippen molar-refractivity contribution in [2.24, 2.45) is 5.92 Å². The maximum Gasteiger partial charge on any atom is 0.308 e. The van der Waals surface area contributed by atoms with E-state index in [4.69, 9.17) is 0 Å². The molecule has 2 heterocycles. The number of carbonyl (C=O) groups is 2. The summed E-state index contributed by atoms with van der Waals surface area (Å²) in [7, 11) is 2.09. The van der Waals surface area contributed by atoms with Crippen molar-refractivity contribution in [1.82, 2.24) is 14.7 Å². The quantitative estimate of drug-likeness (QED) is 0.829.